The molecule has 1 rings (SSSR count). The van der Waals surface area contributed by atoms with Crippen LogP contribution in [0.5, 0.6) is 0 Å². The first-order valence-corrected chi connectivity index (χ1v) is 7.38. The van der Waals surface area contributed by atoms with Crippen molar-refractivity contribution >= 4 is 33.2 Å². The second-order valence-electron chi connectivity index (χ2n) is 4.63. The molecule has 7 heteroatoms. The predicted octanol–water partition coefficient (Wildman–Crippen LogP) is 2.38. The summed E-state index contributed by atoms with van der Waals surface area (Å²) in [5, 5.41) is 9.82. The number of sulfonamides is 1. The SMILES string of the molecule is CN(CC(C)(C)O)S(=O)(=O)c1cccc(Cl)c1Cl. The standard InChI is InChI=1S/C11H15Cl2NO3S/c1-11(2,15)7-14(3)18(16,17)9-6-4-5-8(12)10(9)13/h4-6,15H,7H2,1-3H3. The highest BCUT2D eigenvalue weighted by Gasteiger charge is 2.28. The molecule has 1 aromatic rings. The molecule has 0 heterocycles. The van der Waals surface area contributed by atoms with Gasteiger partial charge in [0.15, 0.2) is 0 Å². The summed E-state index contributed by atoms with van der Waals surface area (Å²) in [7, 11) is -2.39. The molecular formula is C11H15Cl2NO3S. The van der Waals surface area contributed by atoms with Crippen molar-refractivity contribution in [2.45, 2.75) is 24.3 Å². The molecule has 0 saturated heterocycles. The van der Waals surface area contributed by atoms with Crippen molar-refractivity contribution in [2.75, 3.05) is 13.6 Å². The quantitative estimate of drug-likeness (QED) is 0.929. The van der Waals surface area contributed by atoms with E-state index in [2.05, 4.69) is 0 Å². The minimum Gasteiger partial charge on any atom is -0.389 e. The van der Waals surface area contributed by atoms with E-state index in [0.717, 1.165) is 4.31 Å². The third-order valence-electron chi connectivity index (χ3n) is 2.21. The van der Waals surface area contributed by atoms with Crippen molar-refractivity contribution < 1.29 is 13.5 Å². The van der Waals surface area contributed by atoms with Gasteiger partial charge in [-0.1, -0.05) is 29.3 Å². The van der Waals surface area contributed by atoms with Crippen molar-refractivity contribution in [1.82, 2.24) is 4.31 Å². The minimum absolute atomic E-state index is 0.0123. The molecule has 4 nitrogen and oxygen atoms in total. The first-order valence-electron chi connectivity index (χ1n) is 5.18. The Labute approximate surface area is 117 Å². The summed E-state index contributed by atoms with van der Waals surface area (Å²) in [6.45, 7) is 3.01. The second kappa shape index (κ2) is 5.35. The van der Waals surface area contributed by atoms with Crippen LogP contribution in [0.2, 0.25) is 10.0 Å². The lowest BCUT2D eigenvalue weighted by Crippen LogP contribution is -2.39. The zero-order valence-corrected chi connectivity index (χ0v) is 12.6. The molecule has 0 saturated carbocycles. The van der Waals surface area contributed by atoms with Gasteiger partial charge in [0.25, 0.3) is 0 Å². The van der Waals surface area contributed by atoms with Crippen LogP contribution >= 0.6 is 23.2 Å². The highest BCUT2D eigenvalue weighted by molar-refractivity contribution is 7.89. The molecule has 0 radical (unpaired) electrons. The van der Waals surface area contributed by atoms with Gasteiger partial charge in [0.1, 0.15) is 4.90 Å². The number of benzene rings is 1. The first kappa shape index (κ1) is 15.7. The number of likely N-dealkylation sites (N-methyl/N-ethyl adjacent to an activating group) is 1. The van der Waals surface area contributed by atoms with Gasteiger partial charge in [0, 0.05) is 13.6 Å². The predicted molar refractivity (Wildman–Crippen MR) is 72.6 cm³/mol. The number of hydrogen-bond donors (Lipinski definition) is 1. The Morgan fingerprint density at radius 3 is 2.39 bits per heavy atom. The summed E-state index contributed by atoms with van der Waals surface area (Å²) >= 11 is 11.7. The van der Waals surface area contributed by atoms with E-state index in [4.69, 9.17) is 23.2 Å². The molecule has 0 bridgehead atoms. The molecule has 1 aromatic carbocycles. The van der Waals surface area contributed by atoms with E-state index in [1.54, 1.807) is 0 Å². The minimum atomic E-state index is -3.77. The maximum Gasteiger partial charge on any atom is 0.244 e. The van der Waals surface area contributed by atoms with Crippen LogP contribution in [0, 0.1) is 0 Å². The summed E-state index contributed by atoms with van der Waals surface area (Å²) in [5.41, 5.74) is -1.13. The smallest absolute Gasteiger partial charge is 0.244 e. The van der Waals surface area contributed by atoms with E-state index in [-0.39, 0.29) is 21.5 Å². The van der Waals surface area contributed by atoms with Crippen molar-refractivity contribution in [1.29, 1.82) is 0 Å². The van der Waals surface area contributed by atoms with Gasteiger partial charge in [0.2, 0.25) is 10.0 Å². The Morgan fingerprint density at radius 1 is 1.33 bits per heavy atom. The monoisotopic (exact) mass is 311 g/mol. The molecule has 1 N–H and O–H groups in total. The molecular weight excluding hydrogens is 297 g/mol. The Bertz CT molecular complexity index is 538. The molecule has 0 spiro atoms. The number of halogens is 2. The molecule has 0 aliphatic heterocycles. The summed E-state index contributed by atoms with van der Waals surface area (Å²) in [6, 6.07) is 4.41. The molecule has 0 fully saturated rings. The van der Waals surface area contributed by atoms with Gasteiger partial charge in [0.05, 0.1) is 15.6 Å². The number of nitrogens with zero attached hydrogens (tertiary/aromatic N) is 1. The van der Waals surface area contributed by atoms with Crippen molar-refractivity contribution in [3.8, 4) is 0 Å². The summed E-state index contributed by atoms with van der Waals surface area (Å²) < 4.78 is 25.6. The van der Waals surface area contributed by atoms with Crippen LogP contribution in [-0.4, -0.2) is 37.0 Å². The summed E-state index contributed by atoms with van der Waals surface area (Å²) in [4.78, 5) is -0.0663. The van der Waals surface area contributed by atoms with Gasteiger partial charge in [-0.15, -0.1) is 0 Å². The fourth-order valence-corrected chi connectivity index (χ4v) is 3.54. The van der Waals surface area contributed by atoms with Crippen molar-refractivity contribution in [3.05, 3.63) is 28.2 Å². The van der Waals surface area contributed by atoms with Crippen LogP contribution in [0.3, 0.4) is 0 Å². The van der Waals surface area contributed by atoms with E-state index < -0.39 is 15.6 Å². The summed E-state index contributed by atoms with van der Waals surface area (Å²) in [6.07, 6.45) is 0. The zero-order valence-electron chi connectivity index (χ0n) is 10.3. The Kier molecular flexibility index (Phi) is 4.67. The van der Waals surface area contributed by atoms with Gasteiger partial charge in [-0.3, -0.25) is 0 Å². The molecule has 0 aliphatic rings. The lowest BCUT2D eigenvalue weighted by atomic mass is 10.1. The van der Waals surface area contributed by atoms with Crippen LogP contribution in [0.15, 0.2) is 23.1 Å². The molecule has 0 aromatic heterocycles. The topological polar surface area (TPSA) is 57.6 Å². The Balaban J connectivity index is 3.18. The van der Waals surface area contributed by atoms with Crippen molar-refractivity contribution in [3.63, 3.8) is 0 Å². The third kappa shape index (κ3) is 3.59. The molecule has 0 aliphatic carbocycles. The second-order valence-corrected chi connectivity index (χ2v) is 7.42. The lowest BCUT2D eigenvalue weighted by molar-refractivity contribution is 0.0640. The molecule has 18 heavy (non-hydrogen) atoms. The highest BCUT2D eigenvalue weighted by atomic mass is 35.5. The fourth-order valence-electron chi connectivity index (χ4n) is 1.48. The number of rotatable bonds is 4. The number of hydrogen-bond acceptors (Lipinski definition) is 3. The first-order chi connectivity index (χ1) is 8.05. The third-order valence-corrected chi connectivity index (χ3v) is 4.99. The maximum atomic E-state index is 12.3. The summed E-state index contributed by atoms with van der Waals surface area (Å²) in [5.74, 6) is 0. The number of aliphatic hydroxyl groups is 1. The van der Waals surface area contributed by atoms with Gasteiger partial charge in [-0.2, -0.15) is 4.31 Å². The average Bonchev–Trinajstić information content (AvgIpc) is 2.19. The lowest BCUT2D eigenvalue weighted by Gasteiger charge is -2.25. The van der Waals surface area contributed by atoms with E-state index >= 15 is 0 Å². The largest absolute Gasteiger partial charge is 0.389 e. The van der Waals surface area contributed by atoms with Crippen LogP contribution in [0.25, 0.3) is 0 Å². The fraction of sp³-hybridized carbons (Fsp3) is 0.455. The highest BCUT2D eigenvalue weighted by Crippen LogP contribution is 2.30. The zero-order chi connectivity index (χ0) is 14.1. The van der Waals surface area contributed by atoms with Crippen LogP contribution in [0.1, 0.15) is 13.8 Å². The maximum absolute atomic E-state index is 12.3. The molecule has 102 valence electrons. The van der Waals surface area contributed by atoms with E-state index in [9.17, 15) is 13.5 Å². The van der Waals surface area contributed by atoms with E-state index in [1.165, 1.54) is 39.1 Å². The normalized spacial score (nSPS) is 13.1. The molecule has 0 amide bonds. The van der Waals surface area contributed by atoms with Gasteiger partial charge >= 0.3 is 0 Å². The van der Waals surface area contributed by atoms with E-state index in [1.807, 2.05) is 0 Å². The van der Waals surface area contributed by atoms with E-state index in [0.29, 0.717) is 0 Å². The van der Waals surface area contributed by atoms with Crippen LogP contribution in [0.4, 0.5) is 0 Å². The van der Waals surface area contributed by atoms with Crippen LogP contribution in [-0.2, 0) is 10.0 Å². The Morgan fingerprint density at radius 2 is 1.89 bits per heavy atom. The molecule has 0 atom stereocenters. The van der Waals surface area contributed by atoms with Crippen molar-refractivity contribution in [2.24, 2.45) is 0 Å². The average molecular weight is 312 g/mol. The molecule has 0 unspecified atom stereocenters. The Hall–Kier alpha value is -0.330. The van der Waals surface area contributed by atoms with Gasteiger partial charge in [-0.05, 0) is 26.0 Å². The van der Waals surface area contributed by atoms with Gasteiger partial charge in [-0.25, -0.2) is 8.42 Å². The van der Waals surface area contributed by atoms with Gasteiger partial charge < -0.3 is 5.11 Å². The van der Waals surface area contributed by atoms with Crippen LogP contribution < -0.4 is 0 Å².